The van der Waals surface area contributed by atoms with Crippen molar-refractivity contribution in [3.05, 3.63) is 95.0 Å². The molecule has 0 radical (unpaired) electrons. The molecule has 0 unspecified atom stereocenters. The topological polar surface area (TPSA) is 46.2 Å². The molecule has 0 bridgehead atoms. The summed E-state index contributed by atoms with van der Waals surface area (Å²) in [5.74, 6) is -0.466. The van der Waals surface area contributed by atoms with Crippen LogP contribution in [0.3, 0.4) is 0 Å². The average Bonchev–Trinajstić information content (AvgIpc) is 2.66. The van der Waals surface area contributed by atoms with Crippen LogP contribution in [0.25, 0.3) is 11.1 Å². The first-order valence-electron chi connectivity index (χ1n) is 7.86. The Kier molecular flexibility index (Phi) is 5.26. The smallest absolute Gasteiger partial charge is 0.251 e. The van der Waals surface area contributed by atoms with Crippen molar-refractivity contribution in [2.24, 2.45) is 0 Å². The zero-order valence-electron chi connectivity index (χ0n) is 13.4. The lowest BCUT2D eigenvalue weighted by Gasteiger charge is -2.07. The number of hydrogen-bond acceptors (Lipinski definition) is 2. The van der Waals surface area contributed by atoms with Gasteiger partial charge in [-0.1, -0.05) is 66.2 Å². The van der Waals surface area contributed by atoms with Gasteiger partial charge in [-0.25, -0.2) is 0 Å². The van der Waals surface area contributed by atoms with Crippen molar-refractivity contribution in [3.63, 3.8) is 0 Å². The highest BCUT2D eigenvalue weighted by Gasteiger charge is 2.10. The lowest BCUT2D eigenvalue weighted by molar-refractivity contribution is 0.0904. The molecule has 0 aromatic heterocycles. The minimum absolute atomic E-state index is 0.0698. The van der Waals surface area contributed by atoms with Gasteiger partial charge in [0.1, 0.15) is 0 Å². The molecule has 124 valence electrons. The van der Waals surface area contributed by atoms with E-state index in [9.17, 15) is 9.59 Å². The standard InChI is InChI=1S/C21H16ClNO2/c22-19-8-4-7-18(13-19)20(24)14-23-21(25)17-11-9-16(10-12-17)15-5-2-1-3-6-15/h1-13H,14H2,(H,23,25). The quantitative estimate of drug-likeness (QED) is 0.683. The van der Waals surface area contributed by atoms with E-state index in [2.05, 4.69) is 5.32 Å². The summed E-state index contributed by atoms with van der Waals surface area (Å²) in [5.41, 5.74) is 3.11. The monoisotopic (exact) mass is 349 g/mol. The number of rotatable bonds is 5. The van der Waals surface area contributed by atoms with Crippen molar-refractivity contribution in [3.8, 4) is 11.1 Å². The molecule has 25 heavy (non-hydrogen) atoms. The molecular formula is C21H16ClNO2. The second kappa shape index (κ2) is 7.77. The number of Topliss-reactive ketones (excluding diaryl/α,β-unsaturated/α-hetero) is 1. The Morgan fingerprint density at radius 3 is 2.12 bits per heavy atom. The summed E-state index contributed by atoms with van der Waals surface area (Å²) in [5, 5.41) is 3.14. The molecule has 1 N–H and O–H groups in total. The van der Waals surface area contributed by atoms with Crippen LogP contribution in [0.4, 0.5) is 0 Å². The van der Waals surface area contributed by atoms with Crippen LogP contribution < -0.4 is 5.32 Å². The van der Waals surface area contributed by atoms with Crippen LogP contribution in [-0.4, -0.2) is 18.2 Å². The van der Waals surface area contributed by atoms with Gasteiger partial charge in [-0.3, -0.25) is 9.59 Å². The van der Waals surface area contributed by atoms with Crippen molar-refractivity contribution in [2.45, 2.75) is 0 Å². The van der Waals surface area contributed by atoms with E-state index in [1.54, 1.807) is 36.4 Å². The van der Waals surface area contributed by atoms with Gasteiger partial charge in [-0.2, -0.15) is 0 Å². The van der Waals surface area contributed by atoms with Crippen molar-refractivity contribution < 1.29 is 9.59 Å². The second-order valence-electron chi connectivity index (χ2n) is 5.56. The Hall–Kier alpha value is -2.91. The summed E-state index contributed by atoms with van der Waals surface area (Å²) in [4.78, 5) is 24.3. The van der Waals surface area contributed by atoms with E-state index in [1.807, 2.05) is 42.5 Å². The molecule has 3 aromatic carbocycles. The van der Waals surface area contributed by atoms with Crippen LogP contribution in [0.2, 0.25) is 5.02 Å². The zero-order chi connectivity index (χ0) is 17.6. The van der Waals surface area contributed by atoms with Crippen LogP contribution in [0.5, 0.6) is 0 Å². The first-order valence-corrected chi connectivity index (χ1v) is 8.24. The fourth-order valence-electron chi connectivity index (χ4n) is 2.47. The van der Waals surface area contributed by atoms with E-state index in [-0.39, 0.29) is 18.2 Å². The molecule has 0 saturated heterocycles. The predicted octanol–water partition coefficient (Wildman–Crippen LogP) is 4.62. The lowest BCUT2D eigenvalue weighted by atomic mass is 10.0. The fraction of sp³-hybridized carbons (Fsp3) is 0.0476. The molecule has 4 heteroatoms. The zero-order valence-corrected chi connectivity index (χ0v) is 14.2. The van der Waals surface area contributed by atoms with Crippen LogP contribution in [0.15, 0.2) is 78.9 Å². The normalized spacial score (nSPS) is 10.3. The lowest BCUT2D eigenvalue weighted by Crippen LogP contribution is -2.29. The van der Waals surface area contributed by atoms with Crippen molar-refractivity contribution in [1.29, 1.82) is 0 Å². The van der Waals surface area contributed by atoms with Crippen LogP contribution >= 0.6 is 11.6 Å². The molecular weight excluding hydrogens is 334 g/mol. The van der Waals surface area contributed by atoms with Gasteiger partial charge < -0.3 is 5.32 Å². The summed E-state index contributed by atoms with van der Waals surface area (Å²) >= 11 is 5.87. The molecule has 0 heterocycles. The number of carbonyl (C=O) groups is 2. The largest absolute Gasteiger partial charge is 0.345 e. The van der Waals surface area contributed by atoms with Crippen LogP contribution in [0, 0.1) is 0 Å². The number of carbonyl (C=O) groups excluding carboxylic acids is 2. The second-order valence-corrected chi connectivity index (χ2v) is 6.00. The molecule has 3 rings (SSSR count). The van der Waals surface area contributed by atoms with Gasteiger partial charge in [0.25, 0.3) is 5.91 Å². The third kappa shape index (κ3) is 4.34. The molecule has 0 aliphatic carbocycles. The third-order valence-corrected chi connectivity index (χ3v) is 4.05. The fourth-order valence-corrected chi connectivity index (χ4v) is 2.66. The van der Waals surface area contributed by atoms with Gasteiger partial charge in [0.2, 0.25) is 0 Å². The maximum absolute atomic E-state index is 12.2. The summed E-state index contributed by atoms with van der Waals surface area (Å²) < 4.78 is 0. The summed E-state index contributed by atoms with van der Waals surface area (Å²) in [7, 11) is 0. The highest BCUT2D eigenvalue weighted by Crippen LogP contribution is 2.19. The van der Waals surface area contributed by atoms with Crippen molar-refractivity contribution in [1.82, 2.24) is 5.32 Å². The molecule has 0 aliphatic rings. The van der Waals surface area contributed by atoms with Gasteiger partial charge in [0.15, 0.2) is 5.78 Å². The Morgan fingerprint density at radius 2 is 1.44 bits per heavy atom. The van der Waals surface area contributed by atoms with Gasteiger partial charge in [-0.05, 0) is 35.4 Å². The van der Waals surface area contributed by atoms with Crippen molar-refractivity contribution in [2.75, 3.05) is 6.54 Å². The molecule has 1 amide bonds. The highest BCUT2D eigenvalue weighted by atomic mass is 35.5. The third-order valence-electron chi connectivity index (χ3n) is 3.81. The first-order chi connectivity index (χ1) is 12.1. The molecule has 0 aliphatic heterocycles. The Bertz CT molecular complexity index is 889. The van der Waals surface area contributed by atoms with Gasteiger partial charge >= 0.3 is 0 Å². The molecule has 3 nitrogen and oxygen atoms in total. The number of hydrogen-bond donors (Lipinski definition) is 1. The minimum atomic E-state index is -0.282. The first kappa shape index (κ1) is 16.9. The van der Waals surface area contributed by atoms with E-state index in [0.29, 0.717) is 16.1 Å². The van der Waals surface area contributed by atoms with E-state index in [0.717, 1.165) is 11.1 Å². The van der Waals surface area contributed by atoms with Crippen LogP contribution in [-0.2, 0) is 0 Å². The number of amides is 1. The Labute approximate surface area is 151 Å². The summed E-state index contributed by atoms with van der Waals surface area (Å²) in [6, 6.07) is 23.9. The van der Waals surface area contributed by atoms with Gasteiger partial charge in [0, 0.05) is 16.1 Å². The molecule has 0 fully saturated rings. The van der Waals surface area contributed by atoms with E-state index in [1.165, 1.54) is 0 Å². The highest BCUT2D eigenvalue weighted by molar-refractivity contribution is 6.31. The molecule has 0 spiro atoms. The maximum atomic E-state index is 12.2. The van der Waals surface area contributed by atoms with Gasteiger partial charge in [-0.15, -0.1) is 0 Å². The molecule has 0 saturated carbocycles. The van der Waals surface area contributed by atoms with E-state index >= 15 is 0 Å². The summed E-state index contributed by atoms with van der Waals surface area (Å²) in [6.45, 7) is -0.0698. The predicted molar refractivity (Wildman–Crippen MR) is 100.0 cm³/mol. The summed E-state index contributed by atoms with van der Waals surface area (Å²) in [6.07, 6.45) is 0. The van der Waals surface area contributed by atoms with E-state index in [4.69, 9.17) is 11.6 Å². The number of benzene rings is 3. The molecule has 3 aromatic rings. The Morgan fingerprint density at radius 1 is 0.760 bits per heavy atom. The van der Waals surface area contributed by atoms with E-state index < -0.39 is 0 Å². The number of nitrogens with one attached hydrogen (secondary N) is 1. The van der Waals surface area contributed by atoms with Crippen molar-refractivity contribution >= 4 is 23.3 Å². The van der Waals surface area contributed by atoms with Gasteiger partial charge in [0.05, 0.1) is 6.54 Å². The number of ketones is 1. The average molecular weight is 350 g/mol. The van der Waals surface area contributed by atoms with Crippen LogP contribution in [0.1, 0.15) is 20.7 Å². The minimum Gasteiger partial charge on any atom is -0.345 e. The molecule has 0 atom stereocenters. The number of halogens is 1. The Balaban J connectivity index is 1.63. The maximum Gasteiger partial charge on any atom is 0.251 e. The SMILES string of the molecule is O=C(CNC(=O)c1ccc(-c2ccccc2)cc1)c1cccc(Cl)c1.